The van der Waals surface area contributed by atoms with Crippen molar-refractivity contribution < 1.29 is 18.7 Å². The molecule has 0 saturated heterocycles. The largest absolute Gasteiger partial charge is 0.490 e. The Morgan fingerprint density at radius 1 is 1.14 bits per heavy atom. The van der Waals surface area contributed by atoms with Crippen LogP contribution in [0.5, 0.6) is 11.5 Å². The quantitative estimate of drug-likeness (QED) is 0.690. The molecule has 148 valence electrons. The number of aliphatic imine (C=N–C) groups is 1. The summed E-state index contributed by atoms with van der Waals surface area (Å²) in [5.74, 6) is 1.18. The maximum Gasteiger partial charge on any atom is 0.260 e. The predicted molar refractivity (Wildman–Crippen MR) is 110 cm³/mol. The normalized spacial score (nSPS) is 13.4. The first-order valence-corrected chi connectivity index (χ1v) is 10.2. The van der Waals surface area contributed by atoms with E-state index in [1.165, 1.54) is 17.8 Å². The first kappa shape index (κ1) is 20.2. The Morgan fingerprint density at radius 3 is 2.64 bits per heavy atom. The van der Waals surface area contributed by atoms with Crippen molar-refractivity contribution in [2.45, 2.75) is 19.6 Å². The zero-order valence-corrected chi connectivity index (χ0v) is 16.8. The summed E-state index contributed by atoms with van der Waals surface area (Å²) in [5.41, 5.74) is 1.10. The minimum atomic E-state index is -0.251. The monoisotopic (exact) mass is 402 g/mol. The highest BCUT2D eigenvalue weighted by molar-refractivity contribution is 8.13. The molecule has 0 aromatic heterocycles. The molecule has 1 aliphatic rings. The standard InChI is InChI=1S/C21H23FN2O3S/c1-3-26-18-10-9-15(13-19(18)27-4-2)20(25)24-12-11-23-21(24)28-14-16-7-5-6-8-17(16)22/h5-10,13H,3-4,11-12,14H2,1-2H3. The summed E-state index contributed by atoms with van der Waals surface area (Å²) in [4.78, 5) is 19.1. The molecule has 0 unspecified atom stereocenters. The summed E-state index contributed by atoms with van der Waals surface area (Å²) in [5, 5.41) is 0.611. The van der Waals surface area contributed by atoms with Gasteiger partial charge in [-0.25, -0.2) is 4.39 Å². The van der Waals surface area contributed by atoms with E-state index in [4.69, 9.17) is 9.47 Å². The molecule has 2 aromatic rings. The molecule has 1 aliphatic heterocycles. The molecule has 0 N–H and O–H groups in total. The van der Waals surface area contributed by atoms with Crippen molar-refractivity contribution in [3.8, 4) is 11.5 Å². The number of benzene rings is 2. The lowest BCUT2D eigenvalue weighted by molar-refractivity contribution is 0.0860. The second-order valence-corrected chi connectivity index (χ2v) is 6.97. The van der Waals surface area contributed by atoms with Crippen LogP contribution < -0.4 is 9.47 Å². The molecule has 0 saturated carbocycles. The average molecular weight is 402 g/mol. The zero-order valence-electron chi connectivity index (χ0n) is 16.0. The number of ether oxygens (including phenoxy) is 2. The molecule has 0 fully saturated rings. The van der Waals surface area contributed by atoms with E-state index in [2.05, 4.69) is 4.99 Å². The molecule has 28 heavy (non-hydrogen) atoms. The van der Waals surface area contributed by atoms with Crippen molar-refractivity contribution in [3.63, 3.8) is 0 Å². The van der Waals surface area contributed by atoms with Crippen LogP contribution in [0.2, 0.25) is 0 Å². The number of rotatable bonds is 7. The van der Waals surface area contributed by atoms with Crippen LogP contribution >= 0.6 is 11.8 Å². The van der Waals surface area contributed by atoms with Crippen LogP contribution in [0.3, 0.4) is 0 Å². The van der Waals surface area contributed by atoms with Gasteiger partial charge in [0.15, 0.2) is 16.7 Å². The number of nitrogens with zero attached hydrogens (tertiary/aromatic N) is 2. The van der Waals surface area contributed by atoms with Gasteiger partial charge >= 0.3 is 0 Å². The minimum absolute atomic E-state index is 0.152. The summed E-state index contributed by atoms with van der Waals surface area (Å²) >= 11 is 1.37. The third-order valence-electron chi connectivity index (χ3n) is 4.15. The van der Waals surface area contributed by atoms with Gasteiger partial charge in [0, 0.05) is 17.9 Å². The van der Waals surface area contributed by atoms with Gasteiger partial charge in [-0.15, -0.1) is 0 Å². The lowest BCUT2D eigenvalue weighted by atomic mass is 10.1. The van der Waals surface area contributed by atoms with Crippen LogP contribution in [-0.2, 0) is 5.75 Å². The Labute approximate surface area is 168 Å². The highest BCUT2D eigenvalue weighted by Crippen LogP contribution is 2.30. The Hall–Kier alpha value is -2.54. The van der Waals surface area contributed by atoms with Crippen LogP contribution in [0.4, 0.5) is 4.39 Å². The van der Waals surface area contributed by atoms with E-state index in [-0.39, 0.29) is 11.7 Å². The lowest BCUT2D eigenvalue weighted by Gasteiger charge is -2.19. The summed E-state index contributed by atoms with van der Waals surface area (Å²) in [7, 11) is 0. The van der Waals surface area contributed by atoms with E-state index in [1.54, 1.807) is 41.3 Å². The number of carbonyl (C=O) groups excluding carboxylic acids is 1. The summed E-state index contributed by atoms with van der Waals surface area (Å²) in [6.07, 6.45) is 0. The van der Waals surface area contributed by atoms with Gasteiger partial charge in [0.25, 0.3) is 5.91 Å². The molecule has 1 heterocycles. The number of amidine groups is 1. The van der Waals surface area contributed by atoms with E-state index in [0.717, 1.165) is 0 Å². The number of halogens is 1. The fourth-order valence-electron chi connectivity index (χ4n) is 2.84. The fraction of sp³-hybridized carbons (Fsp3) is 0.333. The molecule has 0 atom stereocenters. The molecule has 0 spiro atoms. The average Bonchev–Trinajstić information content (AvgIpc) is 3.17. The van der Waals surface area contributed by atoms with Crippen molar-refractivity contribution in [2.75, 3.05) is 26.3 Å². The molecule has 3 rings (SSSR count). The summed E-state index contributed by atoms with van der Waals surface area (Å²) < 4.78 is 25.0. The molecule has 0 radical (unpaired) electrons. The molecule has 5 nitrogen and oxygen atoms in total. The van der Waals surface area contributed by atoms with Crippen molar-refractivity contribution in [2.24, 2.45) is 4.99 Å². The highest BCUT2D eigenvalue weighted by Gasteiger charge is 2.26. The van der Waals surface area contributed by atoms with Crippen LogP contribution in [-0.4, -0.2) is 42.3 Å². The van der Waals surface area contributed by atoms with Gasteiger partial charge in [-0.3, -0.25) is 14.7 Å². The Bertz CT molecular complexity index is 872. The van der Waals surface area contributed by atoms with E-state index in [9.17, 15) is 9.18 Å². The van der Waals surface area contributed by atoms with Gasteiger partial charge in [-0.2, -0.15) is 0 Å². The smallest absolute Gasteiger partial charge is 0.260 e. The van der Waals surface area contributed by atoms with Gasteiger partial charge in [-0.1, -0.05) is 30.0 Å². The molecular weight excluding hydrogens is 379 g/mol. The van der Waals surface area contributed by atoms with Gasteiger partial charge < -0.3 is 9.47 Å². The fourth-order valence-corrected chi connectivity index (χ4v) is 3.87. The van der Waals surface area contributed by atoms with Crippen molar-refractivity contribution >= 4 is 22.8 Å². The summed E-state index contributed by atoms with van der Waals surface area (Å²) in [6, 6.07) is 11.8. The molecule has 2 aromatic carbocycles. The van der Waals surface area contributed by atoms with Crippen molar-refractivity contribution in [1.82, 2.24) is 4.90 Å². The van der Waals surface area contributed by atoms with Gasteiger partial charge in [0.2, 0.25) is 0 Å². The predicted octanol–water partition coefficient (Wildman–Crippen LogP) is 4.37. The Kier molecular flexibility index (Phi) is 6.92. The van der Waals surface area contributed by atoms with Crippen LogP contribution in [0.1, 0.15) is 29.8 Å². The molecule has 0 bridgehead atoms. The number of amides is 1. The lowest BCUT2D eigenvalue weighted by Crippen LogP contribution is -2.32. The van der Waals surface area contributed by atoms with Gasteiger partial charge in [0.05, 0.1) is 19.8 Å². The summed E-state index contributed by atoms with van der Waals surface area (Å²) in [6.45, 7) is 5.83. The van der Waals surface area contributed by atoms with E-state index in [1.807, 2.05) is 13.8 Å². The maximum absolute atomic E-state index is 13.8. The van der Waals surface area contributed by atoms with Crippen LogP contribution in [0.25, 0.3) is 0 Å². The zero-order chi connectivity index (χ0) is 19.9. The number of hydrogen-bond donors (Lipinski definition) is 0. The molecular formula is C21H23FN2O3S. The second kappa shape index (κ2) is 9.59. The Balaban J connectivity index is 1.73. The third-order valence-corrected chi connectivity index (χ3v) is 5.21. The second-order valence-electron chi connectivity index (χ2n) is 6.03. The first-order valence-electron chi connectivity index (χ1n) is 9.26. The number of carbonyl (C=O) groups is 1. The van der Waals surface area contributed by atoms with Crippen LogP contribution in [0.15, 0.2) is 47.5 Å². The van der Waals surface area contributed by atoms with Crippen molar-refractivity contribution in [1.29, 1.82) is 0 Å². The number of hydrogen-bond acceptors (Lipinski definition) is 5. The van der Waals surface area contributed by atoms with Crippen molar-refractivity contribution in [3.05, 3.63) is 59.4 Å². The van der Waals surface area contributed by atoms with E-state index < -0.39 is 0 Å². The van der Waals surface area contributed by atoms with Gasteiger partial charge in [-0.05, 0) is 43.7 Å². The first-order chi connectivity index (χ1) is 13.6. The Morgan fingerprint density at radius 2 is 1.89 bits per heavy atom. The topological polar surface area (TPSA) is 51.1 Å². The van der Waals surface area contributed by atoms with E-state index >= 15 is 0 Å². The van der Waals surface area contributed by atoms with E-state index in [0.29, 0.717) is 59.8 Å². The van der Waals surface area contributed by atoms with Crippen LogP contribution in [0, 0.1) is 5.82 Å². The highest BCUT2D eigenvalue weighted by atomic mass is 32.2. The third kappa shape index (κ3) is 4.65. The maximum atomic E-state index is 13.8. The SMILES string of the molecule is CCOc1ccc(C(=O)N2CCN=C2SCc2ccccc2F)cc1OCC. The molecule has 7 heteroatoms. The minimum Gasteiger partial charge on any atom is -0.490 e. The van der Waals surface area contributed by atoms with Gasteiger partial charge in [0.1, 0.15) is 5.82 Å². The number of thioether (sulfide) groups is 1. The molecule has 0 aliphatic carbocycles. The molecule has 1 amide bonds.